The number of aryl methyl sites for hydroxylation is 2. The second-order valence-corrected chi connectivity index (χ2v) is 9.54. The number of nitrogens with zero attached hydrogens (tertiary/aromatic N) is 5. The van der Waals surface area contributed by atoms with Crippen LogP contribution in [0.5, 0.6) is 0 Å². The van der Waals surface area contributed by atoms with E-state index in [9.17, 15) is 9.59 Å². The smallest absolute Gasteiger partial charge is 0.294 e. The van der Waals surface area contributed by atoms with Gasteiger partial charge in [0, 0.05) is 42.9 Å². The lowest BCUT2D eigenvalue weighted by Gasteiger charge is -2.27. The highest BCUT2D eigenvalue weighted by atomic mass is 35.5. The zero-order valence-electron chi connectivity index (χ0n) is 21.9. The van der Waals surface area contributed by atoms with Crippen LogP contribution < -0.4 is 21.5 Å². The van der Waals surface area contributed by atoms with Gasteiger partial charge in [-0.1, -0.05) is 36.4 Å². The van der Waals surface area contributed by atoms with E-state index in [0.29, 0.717) is 31.0 Å². The van der Waals surface area contributed by atoms with Crippen molar-refractivity contribution in [2.45, 2.75) is 38.4 Å². The predicted molar refractivity (Wildman–Crippen MR) is 163 cm³/mol. The lowest BCUT2D eigenvalue weighted by molar-refractivity contribution is -0.124. The summed E-state index contributed by atoms with van der Waals surface area (Å²) in [5, 5.41) is 2.98. The number of nitrogens with two attached hydrogens (primary N) is 1. The first kappa shape index (κ1) is 30.9. The molecule has 40 heavy (non-hydrogen) atoms. The first-order valence-electron chi connectivity index (χ1n) is 12.3. The number of carbonyl (C=O) groups is 1. The van der Waals surface area contributed by atoms with Crippen LogP contribution >= 0.6 is 37.2 Å². The molecule has 12 heteroatoms. The Morgan fingerprint density at radius 1 is 1.07 bits per heavy atom. The van der Waals surface area contributed by atoms with Gasteiger partial charge in [-0.05, 0) is 48.6 Å². The maximum absolute atomic E-state index is 13.8. The van der Waals surface area contributed by atoms with Crippen LogP contribution in [0.1, 0.15) is 46.7 Å². The molecule has 0 radical (unpaired) electrons. The minimum atomic E-state index is -0.596. The number of anilines is 2. The van der Waals surface area contributed by atoms with E-state index in [1.807, 2.05) is 43.1 Å². The molecular formula is C28H30Cl3N7O2. The maximum atomic E-state index is 13.8. The molecule has 4 aromatic rings. The normalized spacial score (nSPS) is 15.8. The van der Waals surface area contributed by atoms with Crippen LogP contribution in [0.2, 0.25) is 0 Å². The van der Waals surface area contributed by atoms with E-state index >= 15 is 0 Å². The van der Waals surface area contributed by atoms with Crippen molar-refractivity contribution in [3.8, 4) is 11.1 Å². The number of amides is 1. The second kappa shape index (κ2) is 12.2. The van der Waals surface area contributed by atoms with Crippen molar-refractivity contribution < 1.29 is 4.79 Å². The number of hydrogen-bond donors (Lipinski definition) is 2. The van der Waals surface area contributed by atoms with Gasteiger partial charge in [-0.15, -0.1) is 37.2 Å². The molecule has 2 aliphatic rings. The third-order valence-corrected chi connectivity index (χ3v) is 7.38. The number of carbonyl (C=O) groups excluding carboxylic acids is 1. The van der Waals surface area contributed by atoms with Gasteiger partial charge in [0.05, 0.1) is 11.7 Å². The van der Waals surface area contributed by atoms with E-state index in [2.05, 4.69) is 38.5 Å². The predicted octanol–water partition coefficient (Wildman–Crippen LogP) is 4.20. The van der Waals surface area contributed by atoms with Gasteiger partial charge in [0.2, 0.25) is 5.91 Å². The van der Waals surface area contributed by atoms with Gasteiger partial charge in [0.15, 0.2) is 5.82 Å². The molecule has 6 rings (SSSR count). The highest BCUT2D eigenvalue weighted by molar-refractivity contribution is 5.86. The zero-order chi connectivity index (χ0) is 25.7. The molecule has 0 bridgehead atoms. The fraction of sp³-hybridized carbons (Fsp3) is 0.250. The highest BCUT2D eigenvalue weighted by Gasteiger charge is 2.36. The first-order chi connectivity index (χ1) is 17.9. The summed E-state index contributed by atoms with van der Waals surface area (Å²) in [7, 11) is 1.86. The van der Waals surface area contributed by atoms with Crippen molar-refractivity contribution in [2.75, 3.05) is 17.7 Å². The standard InChI is InChI=1S/C28H27N7O2.3ClH/c1-16-17(9-12-23(29)33-16)14-32-27(36)22-11-10-18-15-31-26(28(37)35(18)22)34(2)25-21-7-4-3-6-19(21)20-8-5-13-30-24(20)25;;;/h3-9,12-13,15,22,25H,10-11,14H2,1-2H3,(H2,29,33)(H,32,36);3*1H/t22-,25?;;;/m0.../s1. The molecule has 2 atom stereocenters. The summed E-state index contributed by atoms with van der Waals surface area (Å²) in [4.78, 5) is 42.4. The van der Waals surface area contributed by atoms with E-state index in [0.717, 1.165) is 39.3 Å². The number of nitrogen functional groups attached to an aromatic ring is 1. The Morgan fingerprint density at radius 3 is 2.60 bits per heavy atom. The average Bonchev–Trinajstić information content (AvgIpc) is 3.48. The summed E-state index contributed by atoms with van der Waals surface area (Å²) in [5.74, 6) is 0.533. The molecule has 9 nitrogen and oxygen atoms in total. The Labute approximate surface area is 250 Å². The van der Waals surface area contributed by atoms with Crippen molar-refractivity contribution in [2.24, 2.45) is 0 Å². The van der Waals surface area contributed by atoms with Crippen molar-refractivity contribution in [3.05, 3.63) is 99.5 Å². The number of halogens is 3. The minimum absolute atomic E-state index is 0. The lowest BCUT2D eigenvalue weighted by Crippen LogP contribution is -2.39. The lowest BCUT2D eigenvalue weighted by atomic mass is 10.1. The molecule has 4 heterocycles. The summed E-state index contributed by atoms with van der Waals surface area (Å²) in [6.07, 6.45) is 4.65. The summed E-state index contributed by atoms with van der Waals surface area (Å²) >= 11 is 0. The number of aromatic nitrogens is 4. The van der Waals surface area contributed by atoms with Crippen LogP contribution in [0.15, 0.2) is 65.7 Å². The number of rotatable bonds is 5. The van der Waals surface area contributed by atoms with Gasteiger partial charge >= 0.3 is 0 Å². The molecule has 1 aromatic carbocycles. The summed E-state index contributed by atoms with van der Waals surface area (Å²) in [5.41, 5.74) is 12.0. The molecule has 1 unspecified atom stereocenters. The van der Waals surface area contributed by atoms with Gasteiger partial charge in [-0.25, -0.2) is 9.97 Å². The Hall–Kier alpha value is -3.66. The van der Waals surface area contributed by atoms with Gasteiger partial charge in [0.1, 0.15) is 11.9 Å². The number of nitrogens with one attached hydrogen (secondary N) is 1. The third-order valence-electron chi connectivity index (χ3n) is 7.38. The average molecular weight is 603 g/mol. The topological polar surface area (TPSA) is 119 Å². The molecule has 210 valence electrons. The molecule has 1 aliphatic carbocycles. The fourth-order valence-electron chi connectivity index (χ4n) is 5.52. The maximum Gasteiger partial charge on any atom is 0.294 e. The molecule has 0 saturated carbocycles. The van der Waals surface area contributed by atoms with Crippen LogP contribution in [-0.2, 0) is 17.8 Å². The molecule has 1 aliphatic heterocycles. The van der Waals surface area contributed by atoms with E-state index in [-0.39, 0.29) is 54.7 Å². The van der Waals surface area contributed by atoms with E-state index in [1.54, 1.807) is 23.0 Å². The monoisotopic (exact) mass is 601 g/mol. The Bertz CT molecular complexity index is 1570. The highest BCUT2D eigenvalue weighted by Crippen LogP contribution is 2.45. The summed E-state index contributed by atoms with van der Waals surface area (Å²) in [6, 6.07) is 14.8. The van der Waals surface area contributed by atoms with Crippen molar-refractivity contribution in [1.82, 2.24) is 24.8 Å². The van der Waals surface area contributed by atoms with E-state index < -0.39 is 6.04 Å². The Balaban J connectivity index is 0.00000147. The second-order valence-electron chi connectivity index (χ2n) is 9.54. The number of benzene rings is 1. The van der Waals surface area contributed by atoms with E-state index in [4.69, 9.17) is 5.73 Å². The van der Waals surface area contributed by atoms with Gasteiger partial charge in [0.25, 0.3) is 5.56 Å². The number of hydrogen-bond acceptors (Lipinski definition) is 7. The van der Waals surface area contributed by atoms with Crippen molar-refractivity contribution >= 4 is 54.8 Å². The van der Waals surface area contributed by atoms with Crippen molar-refractivity contribution in [3.63, 3.8) is 0 Å². The minimum Gasteiger partial charge on any atom is -0.384 e. The Morgan fingerprint density at radius 2 is 1.82 bits per heavy atom. The summed E-state index contributed by atoms with van der Waals surface area (Å²) < 4.78 is 1.60. The summed E-state index contributed by atoms with van der Waals surface area (Å²) in [6.45, 7) is 2.17. The quantitative estimate of drug-likeness (QED) is 0.351. The molecular weight excluding hydrogens is 573 g/mol. The third kappa shape index (κ3) is 5.12. The Kier molecular flexibility index (Phi) is 9.45. The van der Waals surface area contributed by atoms with Crippen LogP contribution in [0.25, 0.3) is 11.1 Å². The number of pyridine rings is 2. The molecule has 0 saturated heterocycles. The van der Waals surface area contributed by atoms with Gasteiger partial charge < -0.3 is 16.0 Å². The number of fused-ring (bicyclic) bond motifs is 4. The van der Waals surface area contributed by atoms with Crippen LogP contribution in [0.4, 0.5) is 11.6 Å². The largest absolute Gasteiger partial charge is 0.384 e. The first-order valence-corrected chi connectivity index (χ1v) is 12.3. The van der Waals surface area contributed by atoms with Gasteiger partial charge in [-0.2, -0.15) is 0 Å². The van der Waals surface area contributed by atoms with Crippen molar-refractivity contribution in [1.29, 1.82) is 0 Å². The van der Waals surface area contributed by atoms with Crippen LogP contribution in [-0.4, -0.2) is 32.5 Å². The SMILES string of the molecule is Cc1nc(N)ccc1CNC(=O)[C@@H]1CCc2cnc(N(C)C3c4ccccc4-c4cccnc43)c(=O)n21.Cl.Cl.Cl. The molecule has 0 fully saturated rings. The van der Waals surface area contributed by atoms with Gasteiger partial charge in [-0.3, -0.25) is 19.1 Å². The zero-order valence-corrected chi connectivity index (χ0v) is 24.4. The molecule has 0 spiro atoms. The molecule has 1 amide bonds. The van der Waals surface area contributed by atoms with E-state index in [1.165, 1.54) is 0 Å². The molecule has 3 N–H and O–H groups in total. The van der Waals surface area contributed by atoms with Crippen LogP contribution in [0.3, 0.4) is 0 Å². The molecule has 3 aromatic heterocycles. The van der Waals surface area contributed by atoms with Crippen LogP contribution in [0, 0.1) is 6.92 Å². The fourth-order valence-corrected chi connectivity index (χ4v) is 5.52.